The molecular weight excluding hydrogens is 306 g/mol. The molecule has 0 radical (unpaired) electrons. The zero-order valence-electron chi connectivity index (χ0n) is 11.9. The van der Waals surface area contributed by atoms with Gasteiger partial charge in [0.05, 0.1) is 0 Å². The Kier molecular flexibility index (Phi) is 4.29. The van der Waals surface area contributed by atoms with Gasteiger partial charge in [-0.25, -0.2) is 4.79 Å². The normalized spacial score (nSPS) is 16.0. The molecule has 0 bridgehead atoms. The second-order valence-electron chi connectivity index (χ2n) is 5.40. The first-order chi connectivity index (χ1) is 10.6. The fourth-order valence-corrected chi connectivity index (χ4v) is 2.73. The molecule has 1 aromatic heterocycles. The predicted octanol–water partition coefficient (Wildman–Crippen LogP) is 3.17. The summed E-state index contributed by atoms with van der Waals surface area (Å²) in [5.41, 5.74) is 1.07. The van der Waals surface area contributed by atoms with E-state index in [2.05, 4.69) is 10.1 Å². The van der Waals surface area contributed by atoms with Gasteiger partial charge in [0, 0.05) is 30.5 Å². The molecule has 0 aliphatic carbocycles. The molecule has 1 aliphatic heterocycles. The van der Waals surface area contributed by atoms with Gasteiger partial charge in [-0.2, -0.15) is 4.98 Å². The third-order valence-corrected chi connectivity index (χ3v) is 4.13. The predicted molar refractivity (Wildman–Crippen MR) is 80.1 cm³/mol. The third-order valence-electron chi connectivity index (χ3n) is 3.87. The lowest BCUT2D eigenvalue weighted by molar-refractivity contribution is 0.128. The van der Waals surface area contributed by atoms with Crippen LogP contribution in [0.1, 0.15) is 36.0 Å². The van der Waals surface area contributed by atoms with Gasteiger partial charge in [-0.1, -0.05) is 28.9 Å². The Hall–Kier alpha value is -2.08. The SMILES string of the molecule is O=C(O)N1CCC(c2nc(Cc3ccc(Cl)cc3)no2)CC1. The Labute approximate surface area is 132 Å². The molecule has 0 saturated carbocycles. The second-order valence-corrected chi connectivity index (χ2v) is 5.83. The van der Waals surface area contributed by atoms with Gasteiger partial charge in [0.1, 0.15) is 0 Å². The van der Waals surface area contributed by atoms with Crippen molar-refractivity contribution in [3.8, 4) is 0 Å². The van der Waals surface area contributed by atoms with E-state index in [1.807, 2.05) is 24.3 Å². The maximum atomic E-state index is 10.9. The minimum atomic E-state index is -0.868. The largest absolute Gasteiger partial charge is 0.465 e. The zero-order valence-corrected chi connectivity index (χ0v) is 12.7. The number of benzene rings is 1. The second kappa shape index (κ2) is 6.36. The van der Waals surface area contributed by atoms with Gasteiger partial charge in [0.25, 0.3) is 0 Å². The van der Waals surface area contributed by atoms with Gasteiger partial charge in [-0.05, 0) is 30.5 Å². The number of carboxylic acid groups (broad SMARTS) is 1. The average molecular weight is 322 g/mol. The van der Waals surface area contributed by atoms with Crippen molar-refractivity contribution in [2.45, 2.75) is 25.2 Å². The van der Waals surface area contributed by atoms with Crippen molar-refractivity contribution >= 4 is 17.7 Å². The van der Waals surface area contributed by atoms with Crippen molar-refractivity contribution < 1.29 is 14.4 Å². The molecule has 1 N–H and O–H groups in total. The van der Waals surface area contributed by atoms with Gasteiger partial charge < -0.3 is 14.5 Å². The number of nitrogens with zero attached hydrogens (tertiary/aromatic N) is 3. The molecule has 3 rings (SSSR count). The van der Waals surface area contributed by atoms with Crippen molar-refractivity contribution in [3.63, 3.8) is 0 Å². The Balaban J connectivity index is 1.62. The molecule has 116 valence electrons. The number of carbonyl (C=O) groups is 1. The molecule has 22 heavy (non-hydrogen) atoms. The number of hydrogen-bond acceptors (Lipinski definition) is 4. The quantitative estimate of drug-likeness (QED) is 0.939. The highest BCUT2D eigenvalue weighted by Gasteiger charge is 2.27. The number of likely N-dealkylation sites (tertiary alicyclic amines) is 1. The van der Waals surface area contributed by atoms with E-state index < -0.39 is 6.09 Å². The molecule has 7 heteroatoms. The zero-order chi connectivity index (χ0) is 15.5. The van der Waals surface area contributed by atoms with Gasteiger partial charge >= 0.3 is 6.09 Å². The standard InChI is InChI=1S/C15H16ClN3O3/c16-12-3-1-10(2-4-12)9-13-17-14(22-18-13)11-5-7-19(8-6-11)15(20)21/h1-4,11H,5-9H2,(H,20,21). The first-order valence-electron chi connectivity index (χ1n) is 7.16. The van der Waals surface area contributed by atoms with Crippen molar-refractivity contribution in [2.75, 3.05) is 13.1 Å². The lowest BCUT2D eigenvalue weighted by atomic mass is 9.97. The minimum absolute atomic E-state index is 0.141. The van der Waals surface area contributed by atoms with Crippen LogP contribution in [0.2, 0.25) is 5.02 Å². The summed E-state index contributed by atoms with van der Waals surface area (Å²) < 4.78 is 5.34. The van der Waals surface area contributed by atoms with Crippen molar-refractivity contribution in [2.24, 2.45) is 0 Å². The van der Waals surface area contributed by atoms with E-state index in [0.29, 0.717) is 36.2 Å². The van der Waals surface area contributed by atoms with E-state index in [0.717, 1.165) is 18.4 Å². The van der Waals surface area contributed by atoms with E-state index in [-0.39, 0.29) is 5.92 Å². The summed E-state index contributed by atoms with van der Waals surface area (Å²) >= 11 is 5.86. The summed E-state index contributed by atoms with van der Waals surface area (Å²) in [5, 5.41) is 13.7. The third kappa shape index (κ3) is 3.39. The highest BCUT2D eigenvalue weighted by atomic mass is 35.5. The summed E-state index contributed by atoms with van der Waals surface area (Å²) in [6.07, 6.45) is 1.16. The van der Waals surface area contributed by atoms with Crippen LogP contribution in [-0.4, -0.2) is 39.3 Å². The molecule has 0 unspecified atom stereocenters. The molecule has 6 nitrogen and oxygen atoms in total. The van der Waals surface area contributed by atoms with Crippen LogP contribution in [0.5, 0.6) is 0 Å². The highest BCUT2D eigenvalue weighted by Crippen LogP contribution is 2.27. The molecule has 1 saturated heterocycles. The smallest absolute Gasteiger partial charge is 0.407 e. The van der Waals surface area contributed by atoms with Gasteiger partial charge in [-0.15, -0.1) is 0 Å². The topological polar surface area (TPSA) is 79.5 Å². The van der Waals surface area contributed by atoms with Crippen LogP contribution in [0.4, 0.5) is 4.79 Å². The average Bonchev–Trinajstić information content (AvgIpc) is 2.98. The molecule has 2 heterocycles. The summed E-state index contributed by atoms with van der Waals surface area (Å²) in [7, 11) is 0. The van der Waals surface area contributed by atoms with Crippen LogP contribution in [-0.2, 0) is 6.42 Å². The van der Waals surface area contributed by atoms with Crippen LogP contribution >= 0.6 is 11.6 Å². The van der Waals surface area contributed by atoms with Crippen LogP contribution in [0.15, 0.2) is 28.8 Å². The van der Waals surface area contributed by atoms with E-state index in [1.54, 1.807) is 0 Å². The van der Waals surface area contributed by atoms with E-state index in [4.69, 9.17) is 21.2 Å². The number of aromatic nitrogens is 2. The van der Waals surface area contributed by atoms with E-state index in [9.17, 15) is 4.79 Å². The Morgan fingerprint density at radius 3 is 2.64 bits per heavy atom. The van der Waals surface area contributed by atoms with Gasteiger partial charge in [-0.3, -0.25) is 0 Å². The first kappa shape index (κ1) is 14.8. The van der Waals surface area contributed by atoms with Crippen molar-refractivity contribution in [1.82, 2.24) is 15.0 Å². The minimum Gasteiger partial charge on any atom is -0.465 e. The summed E-state index contributed by atoms with van der Waals surface area (Å²) in [6.45, 7) is 1.02. The molecule has 1 fully saturated rings. The van der Waals surface area contributed by atoms with Crippen molar-refractivity contribution in [3.05, 3.63) is 46.6 Å². The summed E-state index contributed by atoms with van der Waals surface area (Å²) in [5.74, 6) is 1.38. The Morgan fingerprint density at radius 2 is 2.00 bits per heavy atom. The van der Waals surface area contributed by atoms with Gasteiger partial charge in [0.15, 0.2) is 5.82 Å². The highest BCUT2D eigenvalue weighted by molar-refractivity contribution is 6.30. The molecule has 0 spiro atoms. The number of hydrogen-bond donors (Lipinski definition) is 1. The van der Waals surface area contributed by atoms with Crippen LogP contribution in [0.25, 0.3) is 0 Å². The van der Waals surface area contributed by atoms with E-state index >= 15 is 0 Å². The van der Waals surface area contributed by atoms with Crippen LogP contribution in [0, 0.1) is 0 Å². The lowest BCUT2D eigenvalue weighted by Gasteiger charge is -2.27. The van der Waals surface area contributed by atoms with Gasteiger partial charge in [0.2, 0.25) is 5.89 Å². The maximum absolute atomic E-state index is 10.9. The first-order valence-corrected chi connectivity index (χ1v) is 7.54. The maximum Gasteiger partial charge on any atom is 0.407 e. The molecular formula is C15H16ClN3O3. The van der Waals surface area contributed by atoms with Crippen molar-refractivity contribution in [1.29, 1.82) is 0 Å². The number of piperidine rings is 1. The lowest BCUT2D eigenvalue weighted by Crippen LogP contribution is -2.36. The molecule has 1 aromatic carbocycles. The Morgan fingerprint density at radius 1 is 1.32 bits per heavy atom. The monoisotopic (exact) mass is 321 g/mol. The fourth-order valence-electron chi connectivity index (χ4n) is 2.61. The summed E-state index contributed by atoms with van der Waals surface area (Å²) in [6, 6.07) is 7.53. The number of rotatable bonds is 3. The molecule has 0 atom stereocenters. The fraction of sp³-hybridized carbons (Fsp3) is 0.400. The summed E-state index contributed by atoms with van der Waals surface area (Å²) in [4.78, 5) is 16.8. The molecule has 1 aliphatic rings. The molecule has 2 aromatic rings. The number of amides is 1. The number of halogens is 1. The van der Waals surface area contributed by atoms with E-state index in [1.165, 1.54) is 4.90 Å². The molecule has 1 amide bonds. The van der Waals surface area contributed by atoms with Crippen LogP contribution < -0.4 is 0 Å². The Bertz CT molecular complexity index is 648. The van der Waals surface area contributed by atoms with Crippen LogP contribution in [0.3, 0.4) is 0 Å².